The van der Waals surface area contributed by atoms with E-state index in [1.54, 1.807) is 0 Å². The molecule has 0 spiro atoms. The smallest absolute Gasteiger partial charge is 0.0705 e. The standard InChI is InChI=1S/C41H39N4.Ir/c1-5-7-14-30(6-2)36-18-13-19-37(43-36)32-25-28(3)40(29(4)26-32)44-24-23-42-41(44)31-21-22-39-35(27-31)34-17-11-12-20-38(34)45(39)33-15-9-8-10-16-33;/h8-13,15-20,22-27,30H,5-7,14H2,1-4H3;/q-1;. The molecule has 0 saturated heterocycles. The molecule has 3 heterocycles. The molecule has 0 N–H and O–H groups in total. The molecule has 7 aromatic rings. The molecule has 0 saturated carbocycles. The van der Waals surface area contributed by atoms with Gasteiger partial charge < -0.3 is 9.13 Å². The van der Waals surface area contributed by atoms with Gasteiger partial charge in [-0.1, -0.05) is 74.5 Å². The Balaban J connectivity index is 0.00000372. The Kier molecular flexibility index (Phi) is 9.35. The van der Waals surface area contributed by atoms with Gasteiger partial charge in [-0.05, 0) is 91.2 Å². The fourth-order valence-electron chi connectivity index (χ4n) is 6.91. The van der Waals surface area contributed by atoms with E-state index in [1.165, 1.54) is 52.4 Å². The Bertz CT molecular complexity index is 2100. The summed E-state index contributed by atoms with van der Waals surface area (Å²) in [6.07, 6.45) is 8.72. The molecular formula is C41H39IrN4-. The first-order valence-corrected chi connectivity index (χ1v) is 16.2. The molecule has 0 bridgehead atoms. The molecule has 0 aliphatic rings. The van der Waals surface area contributed by atoms with Gasteiger partial charge in [0.25, 0.3) is 0 Å². The van der Waals surface area contributed by atoms with E-state index in [4.69, 9.17) is 9.97 Å². The number of imidazole rings is 1. The summed E-state index contributed by atoms with van der Waals surface area (Å²) in [4.78, 5) is 10.0. The van der Waals surface area contributed by atoms with Crippen molar-refractivity contribution in [2.75, 3.05) is 0 Å². The van der Waals surface area contributed by atoms with E-state index in [9.17, 15) is 0 Å². The zero-order chi connectivity index (χ0) is 30.9. The van der Waals surface area contributed by atoms with Crippen molar-refractivity contribution in [1.29, 1.82) is 0 Å². The largest absolute Gasteiger partial charge is 0.351 e. The average molecular weight is 780 g/mol. The molecule has 1 radical (unpaired) electrons. The number of unbranched alkanes of at least 4 members (excludes halogenated alkanes) is 1. The fraction of sp³-hybridized carbons (Fsp3) is 0.220. The molecule has 4 aromatic carbocycles. The van der Waals surface area contributed by atoms with Gasteiger partial charge in [0, 0.05) is 66.6 Å². The Morgan fingerprint density at radius 2 is 1.57 bits per heavy atom. The third kappa shape index (κ3) is 5.75. The van der Waals surface area contributed by atoms with Crippen molar-refractivity contribution >= 4 is 21.8 Å². The van der Waals surface area contributed by atoms with Crippen LogP contribution in [0.1, 0.15) is 62.3 Å². The van der Waals surface area contributed by atoms with E-state index in [-0.39, 0.29) is 20.1 Å². The molecule has 7 rings (SSSR count). The SMILES string of the molecule is CCCCC(CC)c1cccc(-c2cc(C)c(-n3ccnc3-c3[c-]cc4c(c3)c3ccccc3n4-c3ccccc3)c(C)c2)n1.[Ir]. The maximum atomic E-state index is 5.16. The van der Waals surface area contributed by atoms with E-state index >= 15 is 0 Å². The summed E-state index contributed by atoms with van der Waals surface area (Å²) in [5.74, 6) is 1.39. The topological polar surface area (TPSA) is 35.6 Å². The van der Waals surface area contributed by atoms with Crippen molar-refractivity contribution in [3.05, 3.63) is 132 Å². The molecule has 4 nitrogen and oxygen atoms in total. The predicted octanol–water partition coefficient (Wildman–Crippen LogP) is 10.8. The van der Waals surface area contributed by atoms with E-state index in [2.05, 4.69) is 146 Å². The van der Waals surface area contributed by atoms with Gasteiger partial charge in [0.2, 0.25) is 0 Å². The second-order valence-corrected chi connectivity index (χ2v) is 12.1. The van der Waals surface area contributed by atoms with Crippen LogP contribution in [0.4, 0.5) is 0 Å². The quantitative estimate of drug-likeness (QED) is 0.137. The van der Waals surface area contributed by atoms with Crippen LogP contribution in [-0.4, -0.2) is 19.1 Å². The van der Waals surface area contributed by atoms with Crippen LogP contribution in [-0.2, 0) is 20.1 Å². The number of aryl methyl sites for hydroxylation is 2. The third-order valence-corrected chi connectivity index (χ3v) is 9.12. The first-order chi connectivity index (χ1) is 22.1. The van der Waals surface area contributed by atoms with Crippen LogP contribution in [0, 0.1) is 19.9 Å². The molecule has 0 aliphatic heterocycles. The number of nitrogens with zero attached hydrogens (tertiary/aromatic N) is 4. The molecule has 0 aliphatic carbocycles. The predicted molar refractivity (Wildman–Crippen MR) is 187 cm³/mol. The Morgan fingerprint density at radius 1 is 0.804 bits per heavy atom. The molecule has 5 heteroatoms. The number of hydrogen-bond acceptors (Lipinski definition) is 2. The molecule has 3 aromatic heterocycles. The van der Waals surface area contributed by atoms with Gasteiger partial charge in [-0.25, -0.2) is 0 Å². The van der Waals surface area contributed by atoms with Crippen molar-refractivity contribution in [3.63, 3.8) is 0 Å². The Morgan fingerprint density at radius 3 is 2.33 bits per heavy atom. The second kappa shape index (κ2) is 13.6. The van der Waals surface area contributed by atoms with Gasteiger partial charge in [-0.15, -0.1) is 23.8 Å². The monoisotopic (exact) mass is 780 g/mol. The van der Waals surface area contributed by atoms with Crippen LogP contribution in [0.25, 0.3) is 55.8 Å². The molecule has 46 heavy (non-hydrogen) atoms. The molecule has 1 atom stereocenters. The second-order valence-electron chi connectivity index (χ2n) is 12.1. The summed E-state index contributed by atoms with van der Waals surface area (Å²) in [6.45, 7) is 8.92. The summed E-state index contributed by atoms with van der Waals surface area (Å²) in [5.41, 5.74) is 11.4. The number of fused-ring (bicyclic) bond motifs is 3. The van der Waals surface area contributed by atoms with Crippen molar-refractivity contribution in [3.8, 4) is 34.0 Å². The Hall–Kier alpha value is -4.31. The number of aromatic nitrogens is 4. The zero-order valence-electron chi connectivity index (χ0n) is 26.9. The summed E-state index contributed by atoms with van der Waals surface area (Å²) < 4.78 is 4.53. The van der Waals surface area contributed by atoms with Crippen molar-refractivity contribution in [2.45, 2.75) is 59.3 Å². The van der Waals surface area contributed by atoms with E-state index < -0.39 is 0 Å². The molecule has 233 valence electrons. The van der Waals surface area contributed by atoms with Gasteiger partial charge in [0.05, 0.1) is 11.5 Å². The minimum atomic E-state index is 0. The molecule has 0 fully saturated rings. The number of rotatable bonds is 9. The van der Waals surface area contributed by atoms with Crippen LogP contribution in [0.5, 0.6) is 0 Å². The van der Waals surface area contributed by atoms with Gasteiger partial charge >= 0.3 is 0 Å². The van der Waals surface area contributed by atoms with Gasteiger partial charge in [-0.3, -0.25) is 9.97 Å². The van der Waals surface area contributed by atoms with Crippen LogP contribution in [0.2, 0.25) is 0 Å². The van der Waals surface area contributed by atoms with Crippen molar-refractivity contribution < 1.29 is 20.1 Å². The molecular weight excluding hydrogens is 741 g/mol. The number of benzene rings is 4. The van der Waals surface area contributed by atoms with Crippen LogP contribution in [0.15, 0.2) is 109 Å². The first kappa shape index (κ1) is 31.7. The van der Waals surface area contributed by atoms with Crippen molar-refractivity contribution in [2.24, 2.45) is 0 Å². The average Bonchev–Trinajstić information content (AvgIpc) is 3.68. The summed E-state index contributed by atoms with van der Waals surface area (Å²) >= 11 is 0. The molecule has 1 unspecified atom stereocenters. The van der Waals surface area contributed by atoms with Gasteiger partial charge in [0.1, 0.15) is 0 Å². The van der Waals surface area contributed by atoms with Crippen LogP contribution < -0.4 is 0 Å². The van der Waals surface area contributed by atoms with E-state index in [1.807, 2.05) is 6.20 Å². The van der Waals surface area contributed by atoms with E-state index in [0.717, 1.165) is 46.0 Å². The van der Waals surface area contributed by atoms with Crippen LogP contribution >= 0.6 is 0 Å². The first-order valence-electron chi connectivity index (χ1n) is 16.2. The van der Waals surface area contributed by atoms with E-state index in [0.29, 0.717) is 5.92 Å². The number of hydrogen-bond donors (Lipinski definition) is 0. The minimum Gasteiger partial charge on any atom is -0.351 e. The zero-order valence-corrected chi connectivity index (χ0v) is 29.3. The minimum absolute atomic E-state index is 0. The maximum absolute atomic E-state index is 5.16. The number of para-hydroxylation sites is 2. The summed E-state index contributed by atoms with van der Waals surface area (Å²) in [7, 11) is 0. The summed E-state index contributed by atoms with van der Waals surface area (Å²) in [6, 6.07) is 38.1. The fourth-order valence-corrected chi connectivity index (χ4v) is 6.91. The molecule has 0 amide bonds. The Labute approximate surface area is 285 Å². The normalized spacial score (nSPS) is 12.0. The van der Waals surface area contributed by atoms with Gasteiger partial charge in [-0.2, -0.15) is 0 Å². The summed E-state index contributed by atoms with van der Waals surface area (Å²) in [5, 5.41) is 2.41. The third-order valence-electron chi connectivity index (χ3n) is 9.12. The van der Waals surface area contributed by atoms with Crippen molar-refractivity contribution in [1.82, 2.24) is 19.1 Å². The maximum Gasteiger partial charge on any atom is 0.0705 e. The number of pyridine rings is 1. The van der Waals surface area contributed by atoms with Gasteiger partial charge in [0.15, 0.2) is 0 Å². The van der Waals surface area contributed by atoms with Crippen LogP contribution in [0.3, 0.4) is 0 Å².